The van der Waals surface area contributed by atoms with Crippen LogP contribution in [0.25, 0.3) is 0 Å². The Kier molecular flexibility index (Phi) is 5.85. The van der Waals surface area contributed by atoms with E-state index in [1.807, 2.05) is 43.9 Å². The highest BCUT2D eigenvalue weighted by Crippen LogP contribution is 2.21. The lowest BCUT2D eigenvalue weighted by atomic mass is 9.97. The van der Waals surface area contributed by atoms with Crippen LogP contribution in [-0.4, -0.2) is 21.8 Å². The number of aromatic nitrogens is 1. The van der Waals surface area contributed by atoms with E-state index < -0.39 is 0 Å². The van der Waals surface area contributed by atoms with E-state index in [1.165, 1.54) is 12.1 Å². The fourth-order valence-corrected chi connectivity index (χ4v) is 2.51. The Hall–Kier alpha value is -2.23. The minimum Gasteiger partial charge on any atom is -0.334 e. The molecule has 2 rings (SSSR count). The Bertz CT molecular complexity index is 626. The first-order chi connectivity index (χ1) is 11.0. The average molecular weight is 314 g/mol. The van der Waals surface area contributed by atoms with Crippen LogP contribution in [0.4, 0.5) is 4.39 Å². The van der Waals surface area contributed by atoms with E-state index in [1.54, 1.807) is 18.3 Å². The number of hydrogen-bond acceptors (Lipinski definition) is 2. The molecular formula is C19H23FN2O. The first-order valence-electron chi connectivity index (χ1n) is 7.92. The molecule has 1 atom stereocenters. The molecule has 1 heterocycles. The van der Waals surface area contributed by atoms with E-state index in [4.69, 9.17) is 0 Å². The molecule has 0 aliphatic heterocycles. The van der Waals surface area contributed by atoms with Crippen molar-refractivity contribution in [3.05, 3.63) is 65.7 Å². The number of hydrogen-bond donors (Lipinski definition) is 0. The highest BCUT2D eigenvalue weighted by Gasteiger charge is 2.20. The van der Waals surface area contributed by atoms with Gasteiger partial charge in [-0.25, -0.2) is 4.39 Å². The molecule has 0 N–H and O–H groups in total. The van der Waals surface area contributed by atoms with Crippen LogP contribution < -0.4 is 0 Å². The normalized spacial score (nSPS) is 12.2. The van der Waals surface area contributed by atoms with E-state index in [0.29, 0.717) is 13.0 Å². The van der Waals surface area contributed by atoms with E-state index in [-0.39, 0.29) is 23.7 Å². The topological polar surface area (TPSA) is 33.2 Å². The predicted octanol–water partition coefficient (Wildman–Crippen LogP) is 4.15. The van der Waals surface area contributed by atoms with Gasteiger partial charge in [-0.1, -0.05) is 25.1 Å². The van der Waals surface area contributed by atoms with Crippen LogP contribution in [0, 0.1) is 5.82 Å². The third-order valence-electron chi connectivity index (χ3n) is 3.92. The molecule has 0 unspecified atom stereocenters. The van der Waals surface area contributed by atoms with Gasteiger partial charge in [0.2, 0.25) is 5.91 Å². The van der Waals surface area contributed by atoms with Gasteiger partial charge in [0.05, 0.1) is 12.2 Å². The zero-order valence-electron chi connectivity index (χ0n) is 13.9. The molecule has 0 aliphatic carbocycles. The molecule has 122 valence electrons. The van der Waals surface area contributed by atoms with Crippen LogP contribution in [-0.2, 0) is 11.3 Å². The van der Waals surface area contributed by atoms with Gasteiger partial charge < -0.3 is 4.90 Å². The molecule has 0 aliphatic rings. The van der Waals surface area contributed by atoms with E-state index in [0.717, 1.165) is 11.3 Å². The van der Waals surface area contributed by atoms with Crippen LogP contribution in [0.1, 0.15) is 44.4 Å². The van der Waals surface area contributed by atoms with Crippen molar-refractivity contribution in [2.24, 2.45) is 0 Å². The molecule has 0 spiro atoms. The summed E-state index contributed by atoms with van der Waals surface area (Å²) in [7, 11) is 0. The second-order valence-corrected chi connectivity index (χ2v) is 6.09. The number of rotatable bonds is 6. The van der Waals surface area contributed by atoms with E-state index in [2.05, 4.69) is 4.98 Å². The summed E-state index contributed by atoms with van der Waals surface area (Å²) >= 11 is 0. The Morgan fingerprint density at radius 2 is 1.83 bits per heavy atom. The second kappa shape index (κ2) is 7.86. The third kappa shape index (κ3) is 4.88. The summed E-state index contributed by atoms with van der Waals surface area (Å²) < 4.78 is 13.0. The molecule has 4 heteroatoms. The fourth-order valence-electron chi connectivity index (χ4n) is 2.51. The summed E-state index contributed by atoms with van der Waals surface area (Å²) in [6.45, 7) is 6.50. The highest BCUT2D eigenvalue weighted by molar-refractivity contribution is 5.77. The predicted molar refractivity (Wildman–Crippen MR) is 89.4 cm³/mol. The van der Waals surface area contributed by atoms with Crippen LogP contribution >= 0.6 is 0 Å². The monoisotopic (exact) mass is 314 g/mol. The van der Waals surface area contributed by atoms with Crippen molar-refractivity contribution in [1.82, 2.24) is 9.88 Å². The Balaban J connectivity index is 2.04. The zero-order chi connectivity index (χ0) is 16.8. The Morgan fingerprint density at radius 1 is 1.13 bits per heavy atom. The van der Waals surface area contributed by atoms with Crippen molar-refractivity contribution < 1.29 is 9.18 Å². The largest absolute Gasteiger partial charge is 0.334 e. The van der Waals surface area contributed by atoms with Gasteiger partial charge in [0.25, 0.3) is 0 Å². The number of carbonyl (C=O) groups is 1. The lowest BCUT2D eigenvalue weighted by molar-refractivity contribution is -0.134. The minimum absolute atomic E-state index is 0.0492. The molecule has 0 radical (unpaired) electrons. The molecule has 1 aromatic carbocycles. The Morgan fingerprint density at radius 3 is 2.39 bits per heavy atom. The number of amides is 1. The maximum atomic E-state index is 13.0. The van der Waals surface area contributed by atoms with Gasteiger partial charge in [-0.3, -0.25) is 9.78 Å². The van der Waals surface area contributed by atoms with E-state index >= 15 is 0 Å². The van der Waals surface area contributed by atoms with Crippen LogP contribution in [0.15, 0.2) is 48.7 Å². The molecule has 0 saturated heterocycles. The second-order valence-electron chi connectivity index (χ2n) is 6.09. The van der Waals surface area contributed by atoms with Crippen LogP contribution in [0.5, 0.6) is 0 Å². The van der Waals surface area contributed by atoms with Crippen LogP contribution in [0.2, 0.25) is 0 Å². The minimum atomic E-state index is -0.258. The Labute approximate surface area is 137 Å². The van der Waals surface area contributed by atoms with Crippen molar-refractivity contribution in [2.75, 3.05) is 0 Å². The third-order valence-corrected chi connectivity index (χ3v) is 3.92. The maximum Gasteiger partial charge on any atom is 0.223 e. The zero-order valence-corrected chi connectivity index (χ0v) is 13.9. The van der Waals surface area contributed by atoms with Crippen molar-refractivity contribution in [3.8, 4) is 0 Å². The summed E-state index contributed by atoms with van der Waals surface area (Å²) in [4.78, 5) is 18.8. The van der Waals surface area contributed by atoms with Gasteiger partial charge in [0, 0.05) is 18.7 Å². The molecule has 0 fully saturated rings. The molecular weight excluding hydrogens is 291 g/mol. The highest BCUT2D eigenvalue weighted by atomic mass is 19.1. The van der Waals surface area contributed by atoms with Crippen molar-refractivity contribution in [2.45, 2.75) is 45.7 Å². The van der Waals surface area contributed by atoms with Gasteiger partial charge >= 0.3 is 0 Å². The van der Waals surface area contributed by atoms with Gasteiger partial charge in [-0.15, -0.1) is 0 Å². The number of pyridine rings is 1. The number of carbonyl (C=O) groups excluding carboxylic acids is 1. The molecule has 2 aromatic rings. The van der Waals surface area contributed by atoms with Gasteiger partial charge in [-0.05, 0) is 49.6 Å². The van der Waals surface area contributed by atoms with Crippen molar-refractivity contribution in [1.29, 1.82) is 0 Å². The van der Waals surface area contributed by atoms with Gasteiger partial charge in [0.1, 0.15) is 5.82 Å². The first-order valence-corrected chi connectivity index (χ1v) is 7.92. The quantitative estimate of drug-likeness (QED) is 0.802. The van der Waals surface area contributed by atoms with Gasteiger partial charge in [-0.2, -0.15) is 0 Å². The van der Waals surface area contributed by atoms with Crippen LogP contribution in [0.3, 0.4) is 0 Å². The molecule has 1 amide bonds. The van der Waals surface area contributed by atoms with E-state index in [9.17, 15) is 9.18 Å². The molecule has 23 heavy (non-hydrogen) atoms. The summed E-state index contributed by atoms with van der Waals surface area (Å²) in [5.41, 5.74) is 1.85. The number of halogens is 1. The smallest absolute Gasteiger partial charge is 0.223 e. The first kappa shape index (κ1) is 17.1. The average Bonchev–Trinajstić information content (AvgIpc) is 2.53. The lowest BCUT2D eigenvalue weighted by Gasteiger charge is -2.28. The fraction of sp³-hybridized carbons (Fsp3) is 0.368. The lowest BCUT2D eigenvalue weighted by Crippen LogP contribution is -2.37. The van der Waals surface area contributed by atoms with Crippen molar-refractivity contribution in [3.63, 3.8) is 0 Å². The molecule has 1 aromatic heterocycles. The molecule has 3 nitrogen and oxygen atoms in total. The summed E-state index contributed by atoms with van der Waals surface area (Å²) in [6.07, 6.45) is 2.14. The summed E-state index contributed by atoms with van der Waals surface area (Å²) in [6, 6.07) is 12.2. The molecule has 0 saturated carbocycles. The standard InChI is InChI=1S/C19H23FN2O/c1-14(2)22(13-18-6-4-5-11-21-18)19(23)12-15(3)16-7-9-17(20)10-8-16/h4-11,14-15H,12-13H2,1-3H3/t15-/m0/s1. The number of benzene rings is 1. The summed E-state index contributed by atoms with van der Waals surface area (Å²) in [5, 5.41) is 0. The molecule has 0 bridgehead atoms. The van der Waals surface area contributed by atoms with Crippen molar-refractivity contribution >= 4 is 5.91 Å². The van der Waals surface area contributed by atoms with Gasteiger partial charge in [0.15, 0.2) is 0 Å². The summed E-state index contributed by atoms with van der Waals surface area (Å²) in [5.74, 6) is -0.123. The number of nitrogens with zero attached hydrogens (tertiary/aromatic N) is 2. The maximum absolute atomic E-state index is 13.0. The SMILES string of the molecule is CC(C)N(Cc1ccccn1)C(=O)C[C@H](C)c1ccc(F)cc1.